The van der Waals surface area contributed by atoms with E-state index in [0.29, 0.717) is 6.04 Å². The quantitative estimate of drug-likeness (QED) is 0.655. The van der Waals surface area contributed by atoms with Gasteiger partial charge in [0, 0.05) is 17.8 Å². The molecule has 3 nitrogen and oxygen atoms in total. The van der Waals surface area contributed by atoms with Crippen LogP contribution < -0.4 is 0 Å². The number of hydrogen-bond acceptors (Lipinski definition) is 3. The van der Waals surface area contributed by atoms with Gasteiger partial charge in [-0.3, -0.25) is 5.01 Å². The number of halogens is 1. The summed E-state index contributed by atoms with van der Waals surface area (Å²) in [4.78, 5) is 0. The molecule has 0 bridgehead atoms. The molecule has 0 saturated heterocycles. The molecule has 76 valence electrons. The standard InChI is InChI=1S/C9H18ClN3/c1-4-5-6-9-12(10)7-11-13(9)8(2)3/h7-9H,4-6H2,1-3H3. The maximum absolute atomic E-state index is 6.00. The van der Waals surface area contributed by atoms with Gasteiger partial charge >= 0.3 is 0 Å². The number of rotatable bonds is 4. The molecule has 1 aliphatic rings. The lowest BCUT2D eigenvalue weighted by Gasteiger charge is -2.29. The molecule has 1 atom stereocenters. The molecule has 0 saturated carbocycles. The van der Waals surface area contributed by atoms with E-state index in [2.05, 4.69) is 30.9 Å². The van der Waals surface area contributed by atoms with E-state index >= 15 is 0 Å². The van der Waals surface area contributed by atoms with E-state index in [9.17, 15) is 0 Å². The van der Waals surface area contributed by atoms with Gasteiger partial charge in [-0.2, -0.15) is 5.10 Å². The fourth-order valence-electron chi connectivity index (χ4n) is 1.50. The Hall–Kier alpha value is -0.440. The lowest BCUT2D eigenvalue weighted by molar-refractivity contribution is 0.126. The van der Waals surface area contributed by atoms with E-state index < -0.39 is 0 Å². The van der Waals surface area contributed by atoms with E-state index in [1.807, 2.05) is 0 Å². The highest BCUT2D eigenvalue weighted by molar-refractivity contribution is 6.19. The SMILES string of the molecule is CCCCC1N(Cl)C=NN1C(C)C. The lowest BCUT2D eigenvalue weighted by atomic mass is 10.2. The van der Waals surface area contributed by atoms with Crippen molar-refractivity contribution in [1.82, 2.24) is 9.43 Å². The maximum atomic E-state index is 6.00. The van der Waals surface area contributed by atoms with Gasteiger partial charge in [0.25, 0.3) is 0 Å². The Kier molecular flexibility index (Phi) is 3.85. The average Bonchev–Trinajstić information content (AvgIpc) is 2.43. The van der Waals surface area contributed by atoms with E-state index in [-0.39, 0.29) is 6.17 Å². The summed E-state index contributed by atoms with van der Waals surface area (Å²) >= 11 is 6.00. The summed E-state index contributed by atoms with van der Waals surface area (Å²) in [5.41, 5.74) is 0. The van der Waals surface area contributed by atoms with Gasteiger partial charge in [-0.15, -0.1) is 0 Å². The second-order valence-corrected chi connectivity index (χ2v) is 4.06. The summed E-state index contributed by atoms with van der Waals surface area (Å²) in [6, 6.07) is 0.418. The van der Waals surface area contributed by atoms with Crippen molar-refractivity contribution in [2.24, 2.45) is 5.10 Å². The fraction of sp³-hybridized carbons (Fsp3) is 0.889. The van der Waals surface area contributed by atoms with Crippen molar-refractivity contribution in [2.45, 2.75) is 52.2 Å². The van der Waals surface area contributed by atoms with E-state index in [1.165, 1.54) is 12.8 Å². The Morgan fingerprint density at radius 1 is 1.54 bits per heavy atom. The van der Waals surface area contributed by atoms with Crippen molar-refractivity contribution in [2.75, 3.05) is 0 Å². The van der Waals surface area contributed by atoms with Gasteiger partial charge in [0.1, 0.15) is 12.5 Å². The molecule has 0 radical (unpaired) electrons. The van der Waals surface area contributed by atoms with E-state index in [1.54, 1.807) is 10.8 Å². The smallest absolute Gasteiger partial charge is 0.134 e. The van der Waals surface area contributed by atoms with Crippen LogP contribution in [0.15, 0.2) is 5.10 Å². The zero-order valence-corrected chi connectivity index (χ0v) is 9.33. The van der Waals surface area contributed by atoms with Crippen molar-refractivity contribution >= 4 is 18.1 Å². The summed E-state index contributed by atoms with van der Waals surface area (Å²) in [6.07, 6.45) is 5.43. The predicted molar refractivity (Wildman–Crippen MR) is 56.5 cm³/mol. The van der Waals surface area contributed by atoms with Gasteiger partial charge in [-0.05, 0) is 26.7 Å². The molecule has 13 heavy (non-hydrogen) atoms. The number of nitrogens with zero attached hydrogens (tertiary/aromatic N) is 3. The average molecular weight is 204 g/mol. The van der Waals surface area contributed by atoms with Gasteiger partial charge in [0.05, 0.1) is 0 Å². The largest absolute Gasteiger partial charge is 0.269 e. The van der Waals surface area contributed by atoms with Gasteiger partial charge < -0.3 is 0 Å². The first-order valence-electron chi connectivity index (χ1n) is 4.93. The second kappa shape index (κ2) is 4.70. The topological polar surface area (TPSA) is 18.8 Å². The number of unbranched alkanes of at least 4 members (excludes halogenated alkanes) is 1. The third-order valence-corrected chi connectivity index (χ3v) is 2.54. The molecule has 1 aliphatic heterocycles. The monoisotopic (exact) mass is 203 g/mol. The van der Waals surface area contributed by atoms with Crippen LogP contribution in [0.5, 0.6) is 0 Å². The van der Waals surface area contributed by atoms with Crippen LogP contribution in [0.25, 0.3) is 0 Å². The zero-order valence-electron chi connectivity index (χ0n) is 8.57. The number of hydrazone groups is 1. The van der Waals surface area contributed by atoms with Crippen molar-refractivity contribution in [3.63, 3.8) is 0 Å². The minimum absolute atomic E-state index is 0.251. The van der Waals surface area contributed by atoms with Crippen LogP contribution in [-0.4, -0.2) is 28.0 Å². The Labute approximate surface area is 85.5 Å². The minimum Gasteiger partial charge on any atom is -0.269 e. The van der Waals surface area contributed by atoms with Crippen LogP contribution in [0.4, 0.5) is 0 Å². The van der Waals surface area contributed by atoms with Crippen LogP contribution in [0.2, 0.25) is 0 Å². The summed E-state index contributed by atoms with van der Waals surface area (Å²) in [5.74, 6) is 0. The molecule has 0 aliphatic carbocycles. The molecule has 1 heterocycles. The van der Waals surface area contributed by atoms with Crippen molar-refractivity contribution < 1.29 is 0 Å². The fourth-order valence-corrected chi connectivity index (χ4v) is 1.72. The molecule has 1 rings (SSSR count). The molecule has 0 amide bonds. The highest BCUT2D eigenvalue weighted by Crippen LogP contribution is 2.21. The van der Waals surface area contributed by atoms with Gasteiger partial charge in [0.2, 0.25) is 0 Å². The molecular weight excluding hydrogens is 186 g/mol. The molecular formula is C9H18ClN3. The first-order chi connectivity index (χ1) is 6.16. The van der Waals surface area contributed by atoms with E-state index in [0.717, 1.165) is 6.42 Å². The molecule has 0 aromatic rings. The highest BCUT2D eigenvalue weighted by Gasteiger charge is 2.27. The predicted octanol–water partition coefficient (Wildman–Crippen LogP) is 2.63. The van der Waals surface area contributed by atoms with Crippen LogP contribution in [0.1, 0.15) is 40.0 Å². The Balaban J connectivity index is 2.49. The molecule has 0 N–H and O–H groups in total. The van der Waals surface area contributed by atoms with Crippen molar-refractivity contribution in [3.8, 4) is 0 Å². The van der Waals surface area contributed by atoms with Gasteiger partial charge in [-0.1, -0.05) is 13.3 Å². The first-order valence-corrected chi connectivity index (χ1v) is 5.27. The molecule has 0 spiro atoms. The Morgan fingerprint density at radius 3 is 2.77 bits per heavy atom. The summed E-state index contributed by atoms with van der Waals surface area (Å²) in [6.45, 7) is 6.45. The first kappa shape index (κ1) is 10.6. The summed E-state index contributed by atoms with van der Waals surface area (Å²) in [7, 11) is 0. The van der Waals surface area contributed by atoms with Crippen molar-refractivity contribution in [3.05, 3.63) is 0 Å². The van der Waals surface area contributed by atoms with Crippen molar-refractivity contribution in [1.29, 1.82) is 0 Å². The Morgan fingerprint density at radius 2 is 2.23 bits per heavy atom. The van der Waals surface area contributed by atoms with Gasteiger partial charge in [-0.25, -0.2) is 4.42 Å². The molecule has 0 aromatic carbocycles. The summed E-state index contributed by atoms with van der Waals surface area (Å²) < 4.78 is 1.68. The van der Waals surface area contributed by atoms with Crippen LogP contribution in [0, 0.1) is 0 Å². The van der Waals surface area contributed by atoms with E-state index in [4.69, 9.17) is 11.8 Å². The Bertz CT molecular complexity index is 182. The summed E-state index contributed by atoms with van der Waals surface area (Å²) in [5, 5.41) is 6.31. The van der Waals surface area contributed by atoms with Crippen LogP contribution in [0.3, 0.4) is 0 Å². The number of hydrogen-bond donors (Lipinski definition) is 0. The molecule has 0 fully saturated rings. The minimum atomic E-state index is 0.251. The van der Waals surface area contributed by atoms with Gasteiger partial charge in [0.15, 0.2) is 0 Å². The second-order valence-electron chi connectivity index (χ2n) is 3.67. The maximum Gasteiger partial charge on any atom is 0.134 e. The molecule has 1 unspecified atom stereocenters. The van der Waals surface area contributed by atoms with Crippen LogP contribution in [-0.2, 0) is 0 Å². The molecule has 0 aromatic heterocycles. The lowest BCUT2D eigenvalue weighted by Crippen LogP contribution is -2.38. The third-order valence-electron chi connectivity index (χ3n) is 2.23. The highest BCUT2D eigenvalue weighted by atomic mass is 35.5. The third kappa shape index (κ3) is 2.50. The molecule has 4 heteroatoms. The van der Waals surface area contributed by atoms with Crippen LogP contribution >= 0.6 is 11.8 Å². The zero-order chi connectivity index (χ0) is 9.84. The normalized spacial score (nSPS) is 22.1.